The van der Waals surface area contributed by atoms with Gasteiger partial charge in [0, 0.05) is 28.1 Å². The second-order valence-corrected chi connectivity index (χ2v) is 5.15. The molecular formula is C17H11ClO2. The van der Waals surface area contributed by atoms with Crippen molar-refractivity contribution in [2.24, 2.45) is 0 Å². The first-order chi connectivity index (χ1) is 9.65. The third-order valence-corrected chi connectivity index (χ3v) is 3.59. The van der Waals surface area contributed by atoms with E-state index in [9.17, 15) is 9.59 Å². The molecule has 0 radical (unpaired) electrons. The van der Waals surface area contributed by atoms with Crippen molar-refractivity contribution in [3.63, 3.8) is 0 Å². The Morgan fingerprint density at radius 3 is 2.20 bits per heavy atom. The Morgan fingerprint density at radius 2 is 1.50 bits per heavy atom. The van der Waals surface area contributed by atoms with Crippen LogP contribution >= 0.6 is 11.6 Å². The van der Waals surface area contributed by atoms with Gasteiger partial charge in [-0.25, -0.2) is 0 Å². The minimum atomic E-state index is -0.107. The number of carbonyl (C=O) groups excluding carboxylic acids is 2. The first kappa shape index (κ1) is 12.8. The Labute approximate surface area is 121 Å². The molecule has 0 aliphatic heterocycles. The summed E-state index contributed by atoms with van der Waals surface area (Å²) in [6.07, 6.45) is 1.88. The summed E-state index contributed by atoms with van der Waals surface area (Å²) in [5.41, 5.74) is 2.46. The van der Waals surface area contributed by atoms with E-state index in [0.717, 1.165) is 5.56 Å². The number of hydrogen-bond donors (Lipinski definition) is 0. The van der Waals surface area contributed by atoms with Crippen LogP contribution < -0.4 is 0 Å². The second kappa shape index (κ2) is 5.06. The van der Waals surface area contributed by atoms with Crippen LogP contribution in [0.5, 0.6) is 0 Å². The maximum atomic E-state index is 12.4. The molecule has 0 bridgehead atoms. The predicted molar refractivity (Wildman–Crippen MR) is 78.3 cm³/mol. The zero-order chi connectivity index (χ0) is 14.1. The highest BCUT2D eigenvalue weighted by Gasteiger charge is 2.24. The van der Waals surface area contributed by atoms with Crippen molar-refractivity contribution >= 4 is 23.2 Å². The molecule has 3 rings (SSSR count). The van der Waals surface area contributed by atoms with E-state index in [1.807, 2.05) is 12.1 Å². The molecule has 0 aromatic heterocycles. The van der Waals surface area contributed by atoms with Crippen LogP contribution in [0.25, 0.3) is 0 Å². The van der Waals surface area contributed by atoms with Gasteiger partial charge in [-0.15, -0.1) is 0 Å². The van der Waals surface area contributed by atoms with Crippen molar-refractivity contribution in [2.75, 3.05) is 0 Å². The van der Waals surface area contributed by atoms with Gasteiger partial charge in [0.1, 0.15) is 0 Å². The second-order valence-electron chi connectivity index (χ2n) is 4.71. The van der Waals surface area contributed by atoms with Crippen LogP contribution in [0.4, 0.5) is 0 Å². The molecule has 0 heterocycles. The molecule has 0 fully saturated rings. The lowest BCUT2D eigenvalue weighted by Gasteiger charge is -2.14. The van der Waals surface area contributed by atoms with Crippen LogP contribution in [0.1, 0.15) is 26.3 Å². The summed E-state index contributed by atoms with van der Waals surface area (Å²) in [7, 11) is 0. The van der Waals surface area contributed by atoms with Crippen molar-refractivity contribution in [3.8, 4) is 0 Å². The fraction of sp³-hybridized carbons (Fsp3) is 0.0588. The molecule has 2 aromatic rings. The van der Waals surface area contributed by atoms with Gasteiger partial charge in [-0.05, 0) is 23.8 Å². The number of fused-ring (bicyclic) bond motifs is 1. The average Bonchev–Trinajstić information content (AvgIpc) is 2.47. The predicted octanol–water partition coefficient (Wildman–Crippen LogP) is 3.89. The van der Waals surface area contributed by atoms with Gasteiger partial charge in [0.05, 0.1) is 0 Å². The number of halogens is 1. The zero-order valence-electron chi connectivity index (χ0n) is 10.6. The van der Waals surface area contributed by atoms with E-state index >= 15 is 0 Å². The number of hydrogen-bond acceptors (Lipinski definition) is 2. The van der Waals surface area contributed by atoms with Crippen LogP contribution in [0, 0.1) is 0 Å². The van der Waals surface area contributed by atoms with Crippen molar-refractivity contribution in [1.82, 2.24) is 0 Å². The number of allylic oxidation sites excluding steroid dienone is 2. The standard InChI is InChI=1S/C17H11ClO2/c18-13-7-5-11(6-8-13)9-12-10-16(19)14-3-1-2-4-15(14)17(12)20/h1-8,10H,9H2. The summed E-state index contributed by atoms with van der Waals surface area (Å²) in [6, 6.07) is 14.2. The molecule has 2 aromatic carbocycles. The Hall–Kier alpha value is -2.19. The summed E-state index contributed by atoms with van der Waals surface area (Å²) in [5, 5.41) is 0.652. The van der Waals surface area contributed by atoms with E-state index in [1.54, 1.807) is 36.4 Å². The molecule has 2 nitrogen and oxygen atoms in total. The molecule has 0 spiro atoms. The normalized spacial score (nSPS) is 13.9. The molecule has 0 saturated carbocycles. The lowest BCUT2D eigenvalue weighted by molar-refractivity contribution is 0.0982. The average molecular weight is 283 g/mol. The number of benzene rings is 2. The number of Topliss-reactive ketones (excluding diaryl/α,β-unsaturated/α-hetero) is 1. The topological polar surface area (TPSA) is 34.1 Å². The Bertz CT molecular complexity index is 727. The van der Waals surface area contributed by atoms with Crippen molar-refractivity contribution in [2.45, 2.75) is 6.42 Å². The first-order valence-corrected chi connectivity index (χ1v) is 6.66. The highest BCUT2D eigenvalue weighted by atomic mass is 35.5. The lowest BCUT2D eigenvalue weighted by Crippen LogP contribution is -2.18. The van der Waals surface area contributed by atoms with E-state index < -0.39 is 0 Å². The Kier molecular flexibility index (Phi) is 3.25. The number of rotatable bonds is 2. The van der Waals surface area contributed by atoms with Crippen LogP contribution in [0.15, 0.2) is 60.2 Å². The lowest BCUT2D eigenvalue weighted by atomic mass is 9.87. The molecule has 0 amide bonds. The quantitative estimate of drug-likeness (QED) is 0.837. The van der Waals surface area contributed by atoms with Gasteiger partial charge in [0.2, 0.25) is 0 Å². The van der Waals surface area contributed by atoms with E-state index in [-0.39, 0.29) is 11.6 Å². The molecule has 98 valence electrons. The molecule has 1 aliphatic carbocycles. The van der Waals surface area contributed by atoms with E-state index in [2.05, 4.69) is 0 Å². The monoisotopic (exact) mass is 282 g/mol. The fourth-order valence-electron chi connectivity index (χ4n) is 2.32. The molecular weight excluding hydrogens is 272 g/mol. The van der Waals surface area contributed by atoms with Gasteiger partial charge >= 0.3 is 0 Å². The highest BCUT2D eigenvalue weighted by molar-refractivity contribution is 6.30. The van der Waals surface area contributed by atoms with E-state index in [0.29, 0.717) is 28.1 Å². The van der Waals surface area contributed by atoms with Gasteiger partial charge in [0.25, 0.3) is 0 Å². The van der Waals surface area contributed by atoms with Gasteiger partial charge in [0.15, 0.2) is 11.6 Å². The largest absolute Gasteiger partial charge is 0.289 e. The van der Waals surface area contributed by atoms with Crippen LogP contribution in [-0.2, 0) is 6.42 Å². The minimum absolute atomic E-state index is 0.0739. The van der Waals surface area contributed by atoms with E-state index in [1.165, 1.54) is 6.08 Å². The molecule has 20 heavy (non-hydrogen) atoms. The van der Waals surface area contributed by atoms with Crippen molar-refractivity contribution in [3.05, 3.63) is 81.9 Å². The first-order valence-electron chi connectivity index (χ1n) is 6.28. The Morgan fingerprint density at radius 1 is 0.850 bits per heavy atom. The third-order valence-electron chi connectivity index (χ3n) is 3.34. The molecule has 0 N–H and O–H groups in total. The Balaban J connectivity index is 1.94. The minimum Gasteiger partial charge on any atom is -0.289 e. The number of ketones is 2. The molecule has 1 aliphatic rings. The molecule has 0 saturated heterocycles. The van der Waals surface area contributed by atoms with E-state index in [4.69, 9.17) is 11.6 Å². The van der Waals surface area contributed by atoms with Crippen molar-refractivity contribution in [1.29, 1.82) is 0 Å². The van der Waals surface area contributed by atoms with Gasteiger partial charge < -0.3 is 0 Å². The summed E-state index contributed by atoms with van der Waals surface area (Å²) in [6.45, 7) is 0. The fourth-order valence-corrected chi connectivity index (χ4v) is 2.45. The summed E-state index contributed by atoms with van der Waals surface area (Å²) >= 11 is 5.84. The van der Waals surface area contributed by atoms with Crippen LogP contribution in [0.3, 0.4) is 0 Å². The summed E-state index contributed by atoms with van der Waals surface area (Å²) in [5.74, 6) is -0.181. The zero-order valence-corrected chi connectivity index (χ0v) is 11.4. The maximum absolute atomic E-state index is 12.4. The number of carbonyl (C=O) groups is 2. The third kappa shape index (κ3) is 2.30. The smallest absolute Gasteiger partial charge is 0.190 e. The van der Waals surface area contributed by atoms with Gasteiger partial charge in [-0.3, -0.25) is 9.59 Å². The molecule has 0 atom stereocenters. The van der Waals surface area contributed by atoms with Gasteiger partial charge in [-0.1, -0.05) is 48.0 Å². The van der Waals surface area contributed by atoms with Crippen LogP contribution in [0.2, 0.25) is 5.02 Å². The van der Waals surface area contributed by atoms with Crippen LogP contribution in [-0.4, -0.2) is 11.6 Å². The summed E-state index contributed by atoms with van der Waals surface area (Å²) in [4.78, 5) is 24.4. The van der Waals surface area contributed by atoms with Crippen molar-refractivity contribution < 1.29 is 9.59 Å². The molecule has 0 unspecified atom stereocenters. The van der Waals surface area contributed by atoms with Gasteiger partial charge in [-0.2, -0.15) is 0 Å². The summed E-state index contributed by atoms with van der Waals surface area (Å²) < 4.78 is 0. The highest BCUT2D eigenvalue weighted by Crippen LogP contribution is 2.24. The SMILES string of the molecule is O=C1C=C(Cc2ccc(Cl)cc2)C(=O)c2ccccc21. The maximum Gasteiger partial charge on any atom is 0.190 e. The molecule has 3 heteroatoms.